The van der Waals surface area contributed by atoms with Crippen LogP contribution in [0.25, 0.3) is 10.8 Å². The van der Waals surface area contributed by atoms with Crippen LogP contribution >= 0.6 is 0 Å². The Morgan fingerprint density at radius 3 is 2.48 bits per heavy atom. The Bertz CT molecular complexity index is 1190. The molecule has 5 nitrogen and oxygen atoms in total. The van der Waals surface area contributed by atoms with Crippen molar-refractivity contribution >= 4 is 32.2 Å². The third kappa shape index (κ3) is 4.45. The van der Waals surface area contributed by atoms with E-state index in [0.717, 1.165) is 36.9 Å². The van der Waals surface area contributed by atoms with Crippen LogP contribution < -0.4 is 5.32 Å². The maximum absolute atomic E-state index is 12.6. The van der Waals surface area contributed by atoms with E-state index in [1.165, 1.54) is 23.1 Å². The molecule has 1 N–H and O–H groups in total. The van der Waals surface area contributed by atoms with E-state index in [0.29, 0.717) is 5.69 Å². The van der Waals surface area contributed by atoms with Crippen molar-refractivity contribution in [1.82, 2.24) is 4.90 Å². The molecule has 0 saturated carbocycles. The van der Waals surface area contributed by atoms with E-state index in [9.17, 15) is 22.0 Å². The van der Waals surface area contributed by atoms with Gasteiger partial charge in [0.15, 0.2) is 0 Å². The molecule has 1 fully saturated rings. The van der Waals surface area contributed by atoms with Crippen molar-refractivity contribution in [2.45, 2.75) is 29.5 Å². The van der Waals surface area contributed by atoms with E-state index in [4.69, 9.17) is 0 Å². The third-order valence-corrected chi connectivity index (χ3v) is 6.99. The second-order valence-corrected chi connectivity index (χ2v) is 9.49. The van der Waals surface area contributed by atoms with Crippen LogP contribution in [0.2, 0.25) is 0 Å². The Morgan fingerprint density at radius 1 is 1.03 bits per heavy atom. The molecule has 1 amide bonds. The fraction of sp³-hybridized carbons (Fsp3) is 0.261. The van der Waals surface area contributed by atoms with Gasteiger partial charge in [0, 0.05) is 11.7 Å². The van der Waals surface area contributed by atoms with Gasteiger partial charge < -0.3 is 5.32 Å². The van der Waals surface area contributed by atoms with Crippen molar-refractivity contribution in [1.29, 1.82) is 0 Å². The summed E-state index contributed by atoms with van der Waals surface area (Å²) in [6, 6.07) is 19.3. The molecule has 8 heteroatoms. The number of nitrogens with one attached hydrogen (secondary N) is 1. The van der Waals surface area contributed by atoms with Gasteiger partial charge >= 0.3 is 5.76 Å². The largest absolute Gasteiger partial charge is 0.341 e. The maximum Gasteiger partial charge on any atom is 0.341 e. The first kappa shape index (κ1) is 21.4. The Labute approximate surface area is 179 Å². The van der Waals surface area contributed by atoms with Crippen LogP contribution in [0.3, 0.4) is 0 Å². The van der Waals surface area contributed by atoms with E-state index < -0.39 is 20.5 Å². The number of sulfone groups is 1. The van der Waals surface area contributed by atoms with Crippen molar-refractivity contribution in [2.75, 3.05) is 18.4 Å². The number of carbonyl (C=O) groups is 1. The van der Waals surface area contributed by atoms with E-state index in [1.54, 1.807) is 0 Å². The summed E-state index contributed by atoms with van der Waals surface area (Å²) in [6.07, 6.45) is 1.95. The standard InChI is InChI=1S/C23H22F2N2O3S/c24-23(25)31(29,30)18-12-10-17(11-13-18)26-22(28)15-27-14-4-9-21(27)20-8-3-6-16-5-1-2-7-19(16)20/h1-3,5-8,10-13,21,23H,4,9,14-15H2,(H,26,28). The first-order chi connectivity index (χ1) is 14.9. The summed E-state index contributed by atoms with van der Waals surface area (Å²) in [7, 11) is -4.65. The average molecular weight is 445 g/mol. The molecule has 0 bridgehead atoms. The predicted octanol–water partition coefficient (Wildman–Crippen LogP) is 4.61. The smallest absolute Gasteiger partial charge is 0.325 e. The molecule has 1 heterocycles. The van der Waals surface area contributed by atoms with E-state index in [1.807, 2.05) is 18.2 Å². The van der Waals surface area contributed by atoms with Crippen LogP contribution in [-0.4, -0.2) is 38.1 Å². The lowest BCUT2D eigenvalue weighted by Crippen LogP contribution is -2.33. The minimum Gasteiger partial charge on any atom is -0.325 e. The van der Waals surface area contributed by atoms with Crippen molar-refractivity contribution in [3.63, 3.8) is 0 Å². The number of rotatable bonds is 6. The minimum absolute atomic E-state index is 0.135. The highest BCUT2D eigenvalue weighted by Gasteiger charge is 2.29. The van der Waals surface area contributed by atoms with Gasteiger partial charge in [-0.2, -0.15) is 8.78 Å². The number of nitrogens with zero attached hydrogens (tertiary/aromatic N) is 1. The quantitative estimate of drug-likeness (QED) is 0.603. The van der Waals surface area contributed by atoms with Crippen LogP contribution in [0.1, 0.15) is 24.4 Å². The molecule has 0 aromatic heterocycles. The molecule has 0 aliphatic carbocycles. The molecule has 3 aromatic rings. The number of fused-ring (bicyclic) bond motifs is 1. The van der Waals surface area contributed by atoms with Crippen LogP contribution in [-0.2, 0) is 14.6 Å². The van der Waals surface area contributed by atoms with E-state index >= 15 is 0 Å². The zero-order chi connectivity index (χ0) is 22.0. The number of carbonyl (C=O) groups excluding carboxylic acids is 1. The lowest BCUT2D eigenvalue weighted by molar-refractivity contribution is -0.117. The Balaban J connectivity index is 1.46. The Morgan fingerprint density at radius 2 is 1.74 bits per heavy atom. The molecule has 1 aliphatic rings. The van der Waals surface area contributed by atoms with Crippen LogP contribution in [0, 0.1) is 0 Å². The molecule has 162 valence electrons. The van der Waals surface area contributed by atoms with Gasteiger partial charge in [0.2, 0.25) is 15.7 Å². The summed E-state index contributed by atoms with van der Waals surface area (Å²) in [5.41, 5.74) is 1.56. The highest BCUT2D eigenvalue weighted by atomic mass is 32.2. The van der Waals surface area contributed by atoms with Crippen LogP contribution in [0.4, 0.5) is 14.5 Å². The molecular weight excluding hydrogens is 422 g/mol. The fourth-order valence-electron chi connectivity index (χ4n) is 4.12. The van der Waals surface area contributed by atoms with Crippen LogP contribution in [0.5, 0.6) is 0 Å². The topological polar surface area (TPSA) is 66.5 Å². The van der Waals surface area contributed by atoms with Gasteiger partial charge in [0.1, 0.15) is 0 Å². The predicted molar refractivity (Wildman–Crippen MR) is 116 cm³/mol. The number of halogens is 2. The van der Waals surface area contributed by atoms with Gasteiger partial charge in [0.05, 0.1) is 11.4 Å². The highest BCUT2D eigenvalue weighted by molar-refractivity contribution is 7.91. The number of likely N-dealkylation sites (tertiary alicyclic amines) is 1. The molecular formula is C23H22F2N2O3S. The zero-order valence-corrected chi connectivity index (χ0v) is 17.5. The Hall–Kier alpha value is -2.84. The van der Waals surface area contributed by atoms with Gasteiger partial charge in [-0.3, -0.25) is 9.69 Å². The second kappa shape index (κ2) is 8.72. The monoisotopic (exact) mass is 444 g/mol. The molecule has 1 unspecified atom stereocenters. The Kier molecular flexibility index (Phi) is 6.02. The van der Waals surface area contributed by atoms with E-state index in [2.05, 4.69) is 34.5 Å². The van der Waals surface area contributed by atoms with Gasteiger partial charge in [-0.15, -0.1) is 0 Å². The summed E-state index contributed by atoms with van der Waals surface area (Å²) in [5.74, 6) is -3.72. The average Bonchev–Trinajstić information content (AvgIpc) is 3.21. The molecule has 31 heavy (non-hydrogen) atoms. The minimum atomic E-state index is -4.65. The number of benzene rings is 3. The van der Waals surface area contributed by atoms with Crippen molar-refractivity contribution < 1.29 is 22.0 Å². The van der Waals surface area contributed by atoms with Gasteiger partial charge in [-0.25, -0.2) is 8.42 Å². The normalized spacial score (nSPS) is 17.3. The number of hydrogen-bond acceptors (Lipinski definition) is 4. The van der Waals surface area contributed by atoms with Crippen molar-refractivity contribution in [3.05, 3.63) is 72.3 Å². The number of anilines is 1. The summed E-state index contributed by atoms with van der Waals surface area (Å²) in [4.78, 5) is 14.3. The fourth-order valence-corrected chi connectivity index (χ4v) is 4.85. The molecule has 1 saturated heterocycles. The summed E-state index contributed by atoms with van der Waals surface area (Å²) >= 11 is 0. The SMILES string of the molecule is O=C(CN1CCCC1c1cccc2ccccc12)Nc1ccc(S(=O)(=O)C(F)F)cc1. The van der Waals surface area contributed by atoms with Gasteiger partial charge in [-0.05, 0) is 60.0 Å². The van der Waals surface area contributed by atoms with Gasteiger partial charge in [-0.1, -0.05) is 42.5 Å². The highest BCUT2D eigenvalue weighted by Crippen LogP contribution is 2.35. The summed E-state index contributed by atoms with van der Waals surface area (Å²) in [5, 5.41) is 5.06. The molecule has 0 radical (unpaired) electrons. The lowest BCUT2D eigenvalue weighted by Gasteiger charge is -2.25. The summed E-state index contributed by atoms with van der Waals surface area (Å²) < 4.78 is 48.3. The lowest BCUT2D eigenvalue weighted by atomic mass is 9.97. The maximum atomic E-state index is 12.6. The molecule has 3 aromatic carbocycles. The van der Waals surface area contributed by atoms with Crippen molar-refractivity contribution in [2.24, 2.45) is 0 Å². The molecule has 4 rings (SSSR count). The molecule has 1 atom stereocenters. The zero-order valence-electron chi connectivity index (χ0n) is 16.7. The molecule has 1 aliphatic heterocycles. The first-order valence-corrected chi connectivity index (χ1v) is 11.5. The number of amides is 1. The second-order valence-electron chi connectivity index (χ2n) is 7.58. The van der Waals surface area contributed by atoms with Crippen LogP contribution in [0.15, 0.2) is 71.6 Å². The summed E-state index contributed by atoms with van der Waals surface area (Å²) in [6.45, 7) is 0.984. The first-order valence-electron chi connectivity index (χ1n) is 10.00. The number of alkyl halides is 2. The number of hydrogen-bond donors (Lipinski definition) is 1. The van der Waals surface area contributed by atoms with Crippen molar-refractivity contribution in [3.8, 4) is 0 Å². The third-order valence-electron chi connectivity index (χ3n) is 5.59. The van der Waals surface area contributed by atoms with E-state index in [-0.39, 0.29) is 18.5 Å². The van der Waals surface area contributed by atoms with Gasteiger partial charge in [0.25, 0.3) is 0 Å². The molecule has 0 spiro atoms.